The van der Waals surface area contributed by atoms with Crippen LogP contribution in [0, 0.1) is 12.3 Å². The Balaban J connectivity index is 3.26. The Bertz CT molecular complexity index is 640. The van der Waals surface area contributed by atoms with Crippen LogP contribution in [0.25, 0.3) is 0 Å². The zero-order chi connectivity index (χ0) is 19.9. The van der Waals surface area contributed by atoms with Crippen LogP contribution in [0.1, 0.15) is 56.2 Å². The molecule has 1 aromatic carbocycles. The maximum Gasteiger partial charge on any atom is 0.309 e. The fourth-order valence-corrected chi connectivity index (χ4v) is 3.59. The number of carbonyl (C=O) groups is 1. The molecule has 0 aliphatic rings. The van der Waals surface area contributed by atoms with Crippen LogP contribution in [-0.4, -0.2) is 28.2 Å². The van der Waals surface area contributed by atoms with E-state index in [0.717, 1.165) is 18.7 Å². The smallest absolute Gasteiger partial charge is 0.309 e. The van der Waals surface area contributed by atoms with Crippen molar-refractivity contribution in [1.29, 1.82) is 0 Å². The van der Waals surface area contributed by atoms with E-state index >= 15 is 0 Å². The van der Waals surface area contributed by atoms with Crippen molar-refractivity contribution in [2.75, 3.05) is 12.8 Å². The van der Waals surface area contributed by atoms with Crippen molar-refractivity contribution < 1.29 is 9.90 Å². The van der Waals surface area contributed by atoms with Crippen molar-refractivity contribution >= 4 is 17.9 Å². The van der Waals surface area contributed by atoms with Crippen LogP contribution in [0.4, 0.5) is 0 Å². The molecule has 5 N–H and O–H groups in total. The fourth-order valence-electron chi connectivity index (χ4n) is 3.06. The summed E-state index contributed by atoms with van der Waals surface area (Å²) in [5, 5.41) is 9.76. The summed E-state index contributed by atoms with van der Waals surface area (Å²) in [7, 11) is 0. The summed E-state index contributed by atoms with van der Waals surface area (Å²) in [6.07, 6.45) is 4.68. The Morgan fingerprint density at radius 2 is 2.08 bits per heavy atom. The average Bonchev–Trinajstić information content (AvgIpc) is 2.61. The highest BCUT2D eigenvalue weighted by Crippen LogP contribution is 2.40. The summed E-state index contributed by atoms with van der Waals surface area (Å²) < 4.78 is 2.28. The van der Waals surface area contributed by atoms with Gasteiger partial charge in [-0.25, -0.2) is 4.31 Å². The molecule has 0 heterocycles. The Morgan fingerprint density at radius 3 is 2.58 bits per heavy atom. The van der Waals surface area contributed by atoms with E-state index < -0.39 is 11.4 Å². The maximum atomic E-state index is 11.9. The lowest BCUT2D eigenvalue weighted by molar-refractivity contribution is -0.148. The van der Waals surface area contributed by atoms with Gasteiger partial charge in [-0.1, -0.05) is 37.1 Å². The largest absolute Gasteiger partial charge is 0.481 e. The van der Waals surface area contributed by atoms with Crippen LogP contribution in [0.2, 0.25) is 0 Å². The first kappa shape index (κ1) is 22.4. The van der Waals surface area contributed by atoms with Crippen molar-refractivity contribution in [2.24, 2.45) is 16.9 Å². The van der Waals surface area contributed by atoms with Crippen LogP contribution < -0.4 is 11.5 Å². The molecule has 1 rings (SSSR count). The molecule has 146 valence electrons. The van der Waals surface area contributed by atoms with E-state index in [-0.39, 0.29) is 5.92 Å². The van der Waals surface area contributed by atoms with Gasteiger partial charge < -0.3 is 16.6 Å². The molecule has 0 aliphatic carbocycles. The first-order valence-electron chi connectivity index (χ1n) is 8.95. The molecule has 0 bridgehead atoms. The van der Waals surface area contributed by atoms with Gasteiger partial charge in [-0.2, -0.15) is 0 Å². The molecule has 26 heavy (non-hydrogen) atoms. The SMILES string of the molecule is CCN(Cc1cc(C(CC/C(N)=C/N)C(C)(C)C(=O)O)ccc1C)SC. The van der Waals surface area contributed by atoms with Crippen molar-refractivity contribution in [2.45, 2.75) is 53.0 Å². The second-order valence-electron chi connectivity index (χ2n) is 7.18. The van der Waals surface area contributed by atoms with Gasteiger partial charge in [-0.3, -0.25) is 4.79 Å². The van der Waals surface area contributed by atoms with Crippen LogP contribution >= 0.6 is 11.9 Å². The molecule has 0 spiro atoms. The molecular weight excluding hydrogens is 346 g/mol. The molecule has 0 amide bonds. The zero-order valence-corrected chi connectivity index (χ0v) is 17.4. The third-order valence-corrected chi connectivity index (χ3v) is 5.99. The van der Waals surface area contributed by atoms with Crippen LogP contribution in [-0.2, 0) is 11.3 Å². The van der Waals surface area contributed by atoms with Gasteiger partial charge in [0.05, 0.1) is 5.41 Å². The normalized spacial score (nSPS) is 13.8. The van der Waals surface area contributed by atoms with Gasteiger partial charge in [0.1, 0.15) is 0 Å². The second-order valence-corrected chi connectivity index (χ2v) is 8.07. The molecule has 0 saturated heterocycles. The summed E-state index contributed by atoms with van der Waals surface area (Å²) >= 11 is 1.72. The lowest BCUT2D eigenvalue weighted by atomic mass is 9.72. The predicted octanol–water partition coefficient (Wildman–Crippen LogP) is 3.83. The third kappa shape index (κ3) is 5.68. The average molecular weight is 380 g/mol. The van der Waals surface area contributed by atoms with Crippen molar-refractivity contribution in [1.82, 2.24) is 4.31 Å². The monoisotopic (exact) mass is 379 g/mol. The number of carboxylic acid groups (broad SMARTS) is 1. The van der Waals surface area contributed by atoms with Gasteiger partial charge >= 0.3 is 5.97 Å². The van der Waals surface area contributed by atoms with Crippen molar-refractivity contribution in [3.8, 4) is 0 Å². The highest BCUT2D eigenvalue weighted by atomic mass is 32.2. The standard InChI is InChI=1S/C20H33N3O2S/c1-6-23(26-5)13-16-11-15(8-7-14(16)2)18(10-9-17(22)12-21)20(3,4)19(24)25/h7-8,11-12,18H,6,9-10,13,21-22H2,1-5H3,(H,24,25)/b17-12-. The van der Waals surface area contributed by atoms with E-state index in [0.29, 0.717) is 18.5 Å². The summed E-state index contributed by atoms with van der Waals surface area (Å²) in [6, 6.07) is 6.30. The highest BCUT2D eigenvalue weighted by Gasteiger charge is 2.37. The highest BCUT2D eigenvalue weighted by molar-refractivity contribution is 7.96. The van der Waals surface area contributed by atoms with E-state index in [1.54, 1.807) is 25.8 Å². The number of allylic oxidation sites excluding steroid dienone is 1. The summed E-state index contributed by atoms with van der Waals surface area (Å²) in [6.45, 7) is 9.58. The van der Waals surface area contributed by atoms with Gasteiger partial charge in [-0.15, -0.1) is 0 Å². The number of carboxylic acids is 1. The Labute approximate surface area is 162 Å². The van der Waals surface area contributed by atoms with Crippen LogP contribution in [0.15, 0.2) is 30.1 Å². The van der Waals surface area contributed by atoms with Gasteiger partial charge in [-0.05, 0) is 62.5 Å². The number of nitrogens with two attached hydrogens (primary N) is 2. The molecule has 0 radical (unpaired) electrons. The summed E-state index contributed by atoms with van der Waals surface area (Å²) in [5.41, 5.74) is 14.5. The third-order valence-electron chi connectivity index (χ3n) is 5.09. The lowest BCUT2D eigenvalue weighted by Gasteiger charge is -2.32. The minimum absolute atomic E-state index is 0.151. The molecule has 5 nitrogen and oxygen atoms in total. The van der Waals surface area contributed by atoms with E-state index in [2.05, 4.69) is 36.5 Å². The maximum absolute atomic E-state index is 11.9. The van der Waals surface area contributed by atoms with E-state index in [9.17, 15) is 9.90 Å². The number of rotatable bonds is 10. The van der Waals surface area contributed by atoms with E-state index in [4.69, 9.17) is 11.5 Å². The number of aryl methyl sites for hydroxylation is 1. The Hall–Kier alpha value is -1.66. The van der Waals surface area contributed by atoms with Crippen LogP contribution in [0.5, 0.6) is 0 Å². The molecule has 0 saturated carbocycles. The van der Waals surface area contributed by atoms with Gasteiger partial charge in [0, 0.05) is 25.0 Å². The van der Waals surface area contributed by atoms with E-state index in [1.807, 2.05) is 6.07 Å². The first-order chi connectivity index (χ1) is 12.2. The van der Waals surface area contributed by atoms with Gasteiger partial charge in [0.25, 0.3) is 0 Å². The van der Waals surface area contributed by atoms with Crippen molar-refractivity contribution in [3.63, 3.8) is 0 Å². The number of nitrogens with zero attached hydrogens (tertiary/aromatic N) is 1. The predicted molar refractivity (Wildman–Crippen MR) is 111 cm³/mol. The molecule has 0 fully saturated rings. The molecule has 1 atom stereocenters. The molecule has 1 unspecified atom stereocenters. The Morgan fingerprint density at radius 1 is 1.42 bits per heavy atom. The Kier molecular flexibility index (Phi) is 8.50. The summed E-state index contributed by atoms with van der Waals surface area (Å²) in [4.78, 5) is 11.9. The second kappa shape index (κ2) is 9.88. The molecular formula is C20H33N3O2S. The fraction of sp³-hybridized carbons (Fsp3) is 0.550. The molecule has 6 heteroatoms. The molecule has 1 aromatic rings. The van der Waals surface area contributed by atoms with Crippen molar-refractivity contribution in [3.05, 3.63) is 46.8 Å². The van der Waals surface area contributed by atoms with Crippen LogP contribution in [0.3, 0.4) is 0 Å². The quantitative estimate of drug-likeness (QED) is 0.535. The topological polar surface area (TPSA) is 92.6 Å². The number of aliphatic carboxylic acids is 1. The molecule has 0 aromatic heterocycles. The minimum atomic E-state index is -0.897. The minimum Gasteiger partial charge on any atom is -0.481 e. The lowest BCUT2D eigenvalue weighted by Crippen LogP contribution is -2.32. The zero-order valence-electron chi connectivity index (χ0n) is 16.6. The number of hydrogen-bond donors (Lipinski definition) is 3. The molecule has 0 aliphatic heterocycles. The van der Waals surface area contributed by atoms with Gasteiger partial charge in [0.15, 0.2) is 0 Å². The summed E-state index contributed by atoms with van der Waals surface area (Å²) in [5.74, 6) is -0.957. The van der Waals surface area contributed by atoms with E-state index in [1.165, 1.54) is 17.3 Å². The first-order valence-corrected chi connectivity index (χ1v) is 10.1. The number of benzene rings is 1. The number of hydrogen-bond acceptors (Lipinski definition) is 5. The van der Waals surface area contributed by atoms with Gasteiger partial charge in [0.2, 0.25) is 0 Å².